The van der Waals surface area contributed by atoms with Gasteiger partial charge in [0.1, 0.15) is 0 Å². The van der Waals surface area contributed by atoms with Crippen molar-refractivity contribution in [2.75, 3.05) is 0 Å². The normalized spacial score (nSPS) is 11.0. The number of nitriles is 1. The van der Waals surface area contributed by atoms with Crippen LogP contribution in [0.2, 0.25) is 0 Å². The van der Waals surface area contributed by atoms with Gasteiger partial charge in [0, 0.05) is 20.6 Å². The van der Waals surface area contributed by atoms with Crippen LogP contribution in [0.5, 0.6) is 0 Å². The van der Waals surface area contributed by atoms with E-state index in [0.29, 0.717) is 5.70 Å². The third kappa shape index (κ3) is 2.33. The minimum absolute atomic E-state index is 0.446. The lowest BCUT2D eigenvalue weighted by molar-refractivity contribution is 1.44. The average molecular weight is 302 g/mol. The second-order valence-corrected chi connectivity index (χ2v) is 4.03. The third-order valence-electron chi connectivity index (χ3n) is 1.47. The van der Waals surface area contributed by atoms with Crippen LogP contribution in [0.25, 0.3) is 5.70 Å². The van der Waals surface area contributed by atoms with Gasteiger partial charge in [0.2, 0.25) is 0 Å². The van der Waals surface area contributed by atoms with E-state index >= 15 is 0 Å². The summed E-state index contributed by atoms with van der Waals surface area (Å²) in [7, 11) is 0. The molecule has 0 aliphatic carbocycles. The molecule has 1 aromatic rings. The molecule has 0 spiro atoms. The maximum atomic E-state index is 8.44. The molecule has 0 atom stereocenters. The van der Waals surface area contributed by atoms with Crippen molar-refractivity contribution >= 4 is 37.6 Å². The lowest BCUT2D eigenvalue weighted by Gasteiger charge is -2.05. The number of rotatable bonds is 1. The summed E-state index contributed by atoms with van der Waals surface area (Å²) in [6, 6.07) is 7.52. The Balaban J connectivity index is 3.30. The van der Waals surface area contributed by atoms with Gasteiger partial charge in [-0.2, -0.15) is 5.26 Å². The SMILES string of the molecule is N#C/C=C(\N)c1c(Br)cccc1Br. The monoisotopic (exact) mass is 300 g/mol. The van der Waals surface area contributed by atoms with E-state index in [1.807, 2.05) is 24.3 Å². The quantitative estimate of drug-likeness (QED) is 0.811. The first-order valence-electron chi connectivity index (χ1n) is 3.46. The third-order valence-corrected chi connectivity index (χ3v) is 2.79. The van der Waals surface area contributed by atoms with Gasteiger partial charge in [-0.1, -0.05) is 37.9 Å². The van der Waals surface area contributed by atoms with Crippen LogP contribution in [0.4, 0.5) is 0 Å². The number of allylic oxidation sites excluding steroid dienone is 1. The Morgan fingerprint density at radius 2 is 1.92 bits per heavy atom. The van der Waals surface area contributed by atoms with Gasteiger partial charge in [-0.05, 0) is 12.1 Å². The fourth-order valence-electron chi connectivity index (χ4n) is 0.915. The molecule has 0 amide bonds. The summed E-state index contributed by atoms with van der Waals surface area (Å²) in [6.07, 6.45) is 1.31. The zero-order valence-corrected chi connectivity index (χ0v) is 9.76. The Hall–Kier alpha value is -0.790. The Morgan fingerprint density at radius 3 is 2.38 bits per heavy atom. The van der Waals surface area contributed by atoms with Crippen molar-refractivity contribution in [2.24, 2.45) is 5.73 Å². The molecule has 0 aliphatic rings. The topological polar surface area (TPSA) is 49.8 Å². The highest BCUT2D eigenvalue weighted by atomic mass is 79.9. The van der Waals surface area contributed by atoms with E-state index in [4.69, 9.17) is 11.0 Å². The zero-order chi connectivity index (χ0) is 9.84. The predicted octanol–water partition coefficient (Wildman–Crippen LogP) is 3.03. The maximum Gasteiger partial charge on any atom is 0.0933 e. The highest BCUT2D eigenvalue weighted by Crippen LogP contribution is 2.28. The van der Waals surface area contributed by atoms with Crippen molar-refractivity contribution < 1.29 is 0 Å². The molecule has 0 saturated heterocycles. The van der Waals surface area contributed by atoms with Crippen LogP contribution in [-0.2, 0) is 0 Å². The standard InChI is InChI=1S/C9H6Br2N2/c10-6-2-1-3-7(11)9(6)8(13)4-5-12/h1-4H,13H2/b8-4-. The van der Waals surface area contributed by atoms with Crippen LogP contribution in [-0.4, -0.2) is 0 Å². The van der Waals surface area contributed by atoms with Crippen LogP contribution in [0.1, 0.15) is 5.56 Å². The van der Waals surface area contributed by atoms with Crippen molar-refractivity contribution in [3.05, 3.63) is 38.8 Å². The molecular formula is C9H6Br2N2. The molecule has 0 bridgehead atoms. The van der Waals surface area contributed by atoms with Crippen LogP contribution < -0.4 is 5.73 Å². The summed E-state index contributed by atoms with van der Waals surface area (Å²) in [5, 5.41) is 8.44. The second kappa shape index (κ2) is 4.45. The minimum Gasteiger partial charge on any atom is -0.398 e. The smallest absolute Gasteiger partial charge is 0.0933 e. The van der Waals surface area contributed by atoms with Gasteiger partial charge in [0.25, 0.3) is 0 Å². The Bertz CT molecular complexity index is 371. The number of hydrogen-bond acceptors (Lipinski definition) is 2. The van der Waals surface area contributed by atoms with Crippen LogP contribution in [0.15, 0.2) is 33.2 Å². The molecule has 0 aromatic heterocycles. The molecule has 4 heteroatoms. The molecule has 0 unspecified atom stereocenters. The van der Waals surface area contributed by atoms with Gasteiger partial charge >= 0.3 is 0 Å². The van der Waals surface area contributed by atoms with Crippen molar-refractivity contribution in [3.8, 4) is 6.07 Å². The summed E-state index contributed by atoms with van der Waals surface area (Å²) in [4.78, 5) is 0. The molecule has 2 N–H and O–H groups in total. The van der Waals surface area contributed by atoms with Gasteiger partial charge < -0.3 is 5.73 Å². The van der Waals surface area contributed by atoms with Crippen molar-refractivity contribution in [3.63, 3.8) is 0 Å². The molecule has 66 valence electrons. The fourth-order valence-corrected chi connectivity index (χ4v) is 2.37. The lowest BCUT2D eigenvalue weighted by atomic mass is 10.1. The molecule has 1 aromatic carbocycles. The van der Waals surface area contributed by atoms with E-state index < -0.39 is 0 Å². The average Bonchev–Trinajstić information content (AvgIpc) is 2.04. The number of nitrogens with zero attached hydrogens (tertiary/aromatic N) is 1. The molecule has 0 heterocycles. The molecule has 0 saturated carbocycles. The maximum absolute atomic E-state index is 8.44. The van der Waals surface area contributed by atoms with Crippen molar-refractivity contribution in [2.45, 2.75) is 0 Å². The summed E-state index contributed by atoms with van der Waals surface area (Å²) in [5.74, 6) is 0. The van der Waals surface area contributed by atoms with E-state index in [9.17, 15) is 0 Å². The Kier molecular flexibility index (Phi) is 3.52. The molecule has 13 heavy (non-hydrogen) atoms. The number of halogens is 2. The van der Waals surface area contributed by atoms with Crippen LogP contribution in [0, 0.1) is 11.3 Å². The van der Waals surface area contributed by atoms with Gasteiger partial charge in [-0.25, -0.2) is 0 Å². The molecule has 2 nitrogen and oxygen atoms in total. The highest BCUT2D eigenvalue weighted by molar-refractivity contribution is 9.11. The number of hydrogen-bond donors (Lipinski definition) is 1. The first-order chi connectivity index (χ1) is 6.16. The van der Waals surface area contributed by atoms with E-state index in [0.717, 1.165) is 14.5 Å². The van der Waals surface area contributed by atoms with Crippen molar-refractivity contribution in [1.82, 2.24) is 0 Å². The van der Waals surface area contributed by atoms with Crippen LogP contribution in [0.3, 0.4) is 0 Å². The first kappa shape index (κ1) is 10.3. The van der Waals surface area contributed by atoms with E-state index in [2.05, 4.69) is 31.9 Å². The number of nitrogens with two attached hydrogens (primary N) is 1. The second-order valence-electron chi connectivity index (χ2n) is 2.33. The molecular weight excluding hydrogens is 296 g/mol. The van der Waals surface area contributed by atoms with Gasteiger partial charge in [0.05, 0.1) is 11.8 Å². The molecule has 0 radical (unpaired) electrons. The van der Waals surface area contributed by atoms with E-state index in [-0.39, 0.29) is 0 Å². The summed E-state index contributed by atoms with van der Waals surface area (Å²) < 4.78 is 1.73. The van der Waals surface area contributed by atoms with E-state index in [1.165, 1.54) is 6.08 Å². The molecule has 0 fully saturated rings. The highest BCUT2D eigenvalue weighted by Gasteiger charge is 2.06. The number of benzene rings is 1. The largest absolute Gasteiger partial charge is 0.398 e. The van der Waals surface area contributed by atoms with Gasteiger partial charge in [0.15, 0.2) is 0 Å². The predicted molar refractivity (Wildman–Crippen MR) is 59.6 cm³/mol. The molecule has 1 rings (SSSR count). The summed E-state index contributed by atoms with van der Waals surface area (Å²) in [6.45, 7) is 0. The van der Waals surface area contributed by atoms with Gasteiger partial charge in [-0.3, -0.25) is 0 Å². The molecule has 0 aliphatic heterocycles. The lowest BCUT2D eigenvalue weighted by Crippen LogP contribution is -1.97. The van der Waals surface area contributed by atoms with Crippen LogP contribution >= 0.6 is 31.9 Å². The Labute approximate surface area is 93.3 Å². The summed E-state index contributed by atoms with van der Waals surface area (Å²) in [5.41, 5.74) is 6.94. The Morgan fingerprint density at radius 1 is 1.38 bits per heavy atom. The minimum atomic E-state index is 0.446. The fraction of sp³-hybridized carbons (Fsp3) is 0. The van der Waals surface area contributed by atoms with E-state index in [1.54, 1.807) is 0 Å². The van der Waals surface area contributed by atoms with Crippen molar-refractivity contribution in [1.29, 1.82) is 5.26 Å². The zero-order valence-electron chi connectivity index (χ0n) is 6.59. The first-order valence-corrected chi connectivity index (χ1v) is 5.05. The van der Waals surface area contributed by atoms with Gasteiger partial charge in [-0.15, -0.1) is 0 Å². The summed E-state index contributed by atoms with van der Waals surface area (Å²) >= 11 is 6.71.